The number of carbonyl (C=O) groups is 2. The largest absolute Gasteiger partial charge is 0.461 e. The number of rotatable bonds is 8. The van der Waals surface area contributed by atoms with Crippen LogP contribution in [0.2, 0.25) is 0 Å². The molecule has 1 aliphatic heterocycles. The summed E-state index contributed by atoms with van der Waals surface area (Å²) >= 11 is 0. The minimum atomic E-state index is -0.526. The fraction of sp³-hybridized carbons (Fsp3) is 0.875. The summed E-state index contributed by atoms with van der Waals surface area (Å²) < 4.78 is 5.23. The van der Waals surface area contributed by atoms with Crippen molar-refractivity contribution >= 4 is 24.3 Å². The lowest BCUT2D eigenvalue weighted by Gasteiger charge is -2.21. The molecule has 1 amide bonds. The van der Waals surface area contributed by atoms with E-state index in [9.17, 15) is 9.59 Å². The van der Waals surface area contributed by atoms with E-state index in [4.69, 9.17) is 4.74 Å². The van der Waals surface area contributed by atoms with Gasteiger partial charge in [-0.15, -0.1) is 12.4 Å². The second kappa shape index (κ2) is 10.8. The van der Waals surface area contributed by atoms with Crippen molar-refractivity contribution < 1.29 is 14.3 Å². The Balaban J connectivity index is 0.00000441. The Morgan fingerprint density at radius 3 is 2.45 bits per heavy atom. The van der Waals surface area contributed by atoms with Crippen molar-refractivity contribution in [1.82, 2.24) is 10.6 Å². The van der Waals surface area contributed by atoms with Crippen LogP contribution >= 0.6 is 12.4 Å². The molecule has 22 heavy (non-hydrogen) atoms. The Morgan fingerprint density at radius 1 is 1.27 bits per heavy atom. The van der Waals surface area contributed by atoms with E-state index in [2.05, 4.69) is 10.6 Å². The monoisotopic (exact) mass is 334 g/mol. The van der Waals surface area contributed by atoms with Crippen LogP contribution in [0, 0.1) is 11.8 Å². The number of halogens is 1. The van der Waals surface area contributed by atoms with E-state index in [1.807, 2.05) is 27.7 Å². The summed E-state index contributed by atoms with van der Waals surface area (Å²) in [6.07, 6.45) is 2.96. The molecular formula is C16H31ClN2O3. The Hall–Kier alpha value is -0.810. The highest BCUT2D eigenvalue weighted by molar-refractivity contribution is 5.85. The minimum Gasteiger partial charge on any atom is -0.461 e. The van der Waals surface area contributed by atoms with E-state index in [0.29, 0.717) is 24.7 Å². The molecule has 6 heteroatoms. The molecule has 0 radical (unpaired) electrons. The van der Waals surface area contributed by atoms with Crippen LogP contribution in [0.15, 0.2) is 0 Å². The third-order valence-corrected chi connectivity index (χ3v) is 3.62. The molecule has 1 heterocycles. The summed E-state index contributed by atoms with van der Waals surface area (Å²) in [6, 6.07) is -0.526. The highest BCUT2D eigenvalue weighted by Gasteiger charge is 2.24. The normalized spacial score (nSPS) is 18.9. The number of hydrogen-bond donors (Lipinski definition) is 2. The Labute approximate surface area is 140 Å². The van der Waals surface area contributed by atoms with Crippen molar-refractivity contribution in [2.75, 3.05) is 13.1 Å². The van der Waals surface area contributed by atoms with Crippen molar-refractivity contribution in [3.05, 3.63) is 0 Å². The van der Waals surface area contributed by atoms with Crippen LogP contribution in [-0.2, 0) is 14.3 Å². The zero-order valence-electron chi connectivity index (χ0n) is 14.2. The molecule has 2 N–H and O–H groups in total. The Bertz CT molecular complexity index is 342. The first-order chi connectivity index (χ1) is 9.88. The first kappa shape index (κ1) is 21.2. The molecule has 0 aromatic carbocycles. The van der Waals surface area contributed by atoms with Gasteiger partial charge in [0.05, 0.1) is 6.10 Å². The summed E-state index contributed by atoms with van der Waals surface area (Å²) in [4.78, 5) is 24.1. The van der Waals surface area contributed by atoms with E-state index < -0.39 is 6.04 Å². The number of carbonyl (C=O) groups excluding carboxylic acids is 2. The molecule has 130 valence electrons. The molecule has 5 nitrogen and oxygen atoms in total. The maximum absolute atomic E-state index is 12.0. The molecular weight excluding hydrogens is 304 g/mol. The first-order valence-corrected chi connectivity index (χ1v) is 8.09. The van der Waals surface area contributed by atoms with Crippen molar-refractivity contribution in [3.8, 4) is 0 Å². The van der Waals surface area contributed by atoms with Gasteiger partial charge in [-0.05, 0) is 58.0 Å². The zero-order chi connectivity index (χ0) is 15.8. The van der Waals surface area contributed by atoms with Gasteiger partial charge in [0.15, 0.2) is 0 Å². The summed E-state index contributed by atoms with van der Waals surface area (Å²) in [5.74, 6) is 0.541. The van der Waals surface area contributed by atoms with Crippen LogP contribution < -0.4 is 10.6 Å². The second-order valence-electron chi connectivity index (χ2n) is 6.63. The fourth-order valence-electron chi connectivity index (χ4n) is 2.56. The third-order valence-electron chi connectivity index (χ3n) is 3.62. The predicted octanol–water partition coefficient (Wildman–Crippen LogP) is 2.28. The molecule has 0 aromatic rings. The molecule has 0 spiro atoms. The molecule has 0 aromatic heterocycles. The number of nitrogens with one attached hydrogen (secondary N) is 2. The van der Waals surface area contributed by atoms with Crippen molar-refractivity contribution in [2.24, 2.45) is 11.8 Å². The van der Waals surface area contributed by atoms with E-state index in [1.165, 1.54) is 0 Å². The van der Waals surface area contributed by atoms with Crippen LogP contribution in [0.4, 0.5) is 0 Å². The SMILES string of the molecule is CC(C)C[C@H](NC(=O)CCC1CCNC1)C(=O)OC(C)C.Cl. The maximum atomic E-state index is 12.0. The average Bonchev–Trinajstić information content (AvgIpc) is 2.87. The van der Waals surface area contributed by atoms with Crippen LogP contribution in [0.3, 0.4) is 0 Å². The van der Waals surface area contributed by atoms with E-state index in [0.717, 1.165) is 25.9 Å². The van der Waals surface area contributed by atoms with Gasteiger partial charge in [0.2, 0.25) is 5.91 Å². The molecule has 1 aliphatic rings. The summed E-state index contributed by atoms with van der Waals surface area (Å²) in [7, 11) is 0. The van der Waals surface area contributed by atoms with Gasteiger partial charge in [-0.3, -0.25) is 4.79 Å². The van der Waals surface area contributed by atoms with E-state index in [-0.39, 0.29) is 30.4 Å². The third kappa shape index (κ3) is 8.59. The summed E-state index contributed by atoms with van der Waals surface area (Å²) in [6.45, 7) is 9.75. The van der Waals surface area contributed by atoms with Gasteiger partial charge in [-0.25, -0.2) is 4.79 Å². The topological polar surface area (TPSA) is 67.4 Å². The van der Waals surface area contributed by atoms with Gasteiger partial charge in [0.25, 0.3) is 0 Å². The zero-order valence-corrected chi connectivity index (χ0v) is 15.0. The molecule has 0 bridgehead atoms. The molecule has 0 saturated carbocycles. The van der Waals surface area contributed by atoms with Crippen molar-refractivity contribution in [1.29, 1.82) is 0 Å². The van der Waals surface area contributed by atoms with Crippen molar-refractivity contribution in [3.63, 3.8) is 0 Å². The van der Waals surface area contributed by atoms with Gasteiger partial charge in [0, 0.05) is 6.42 Å². The number of ether oxygens (including phenoxy) is 1. The van der Waals surface area contributed by atoms with Gasteiger partial charge in [0.1, 0.15) is 6.04 Å². The van der Waals surface area contributed by atoms with Crippen LogP contribution in [0.5, 0.6) is 0 Å². The smallest absolute Gasteiger partial charge is 0.328 e. The number of amides is 1. The van der Waals surface area contributed by atoms with Crippen molar-refractivity contribution in [2.45, 2.75) is 65.5 Å². The molecule has 0 aliphatic carbocycles. The Morgan fingerprint density at radius 2 is 1.95 bits per heavy atom. The van der Waals surface area contributed by atoms with E-state index in [1.54, 1.807) is 0 Å². The minimum absolute atomic E-state index is 0. The van der Waals surface area contributed by atoms with Gasteiger partial charge < -0.3 is 15.4 Å². The van der Waals surface area contributed by atoms with Crippen LogP contribution in [0.25, 0.3) is 0 Å². The highest BCUT2D eigenvalue weighted by Crippen LogP contribution is 2.14. The first-order valence-electron chi connectivity index (χ1n) is 8.09. The van der Waals surface area contributed by atoms with Crippen LogP contribution in [0.1, 0.15) is 53.4 Å². The van der Waals surface area contributed by atoms with Gasteiger partial charge in [-0.1, -0.05) is 13.8 Å². The predicted molar refractivity (Wildman–Crippen MR) is 90.1 cm³/mol. The maximum Gasteiger partial charge on any atom is 0.328 e. The Kier molecular flexibility index (Phi) is 10.4. The summed E-state index contributed by atoms with van der Waals surface area (Å²) in [5.41, 5.74) is 0. The summed E-state index contributed by atoms with van der Waals surface area (Å²) in [5, 5.41) is 6.14. The molecule has 1 fully saturated rings. The standard InChI is InChI=1S/C16H30N2O3.ClH/c1-11(2)9-14(16(20)21-12(3)4)18-15(19)6-5-13-7-8-17-10-13;/h11-14,17H,5-10H2,1-4H3,(H,18,19);1H/t13?,14-;/m0./s1. The molecule has 1 unspecified atom stereocenters. The lowest BCUT2D eigenvalue weighted by molar-refractivity contribution is -0.152. The number of hydrogen-bond acceptors (Lipinski definition) is 4. The van der Waals surface area contributed by atoms with E-state index >= 15 is 0 Å². The quantitative estimate of drug-likeness (QED) is 0.668. The highest BCUT2D eigenvalue weighted by atomic mass is 35.5. The fourth-order valence-corrected chi connectivity index (χ4v) is 2.56. The second-order valence-corrected chi connectivity index (χ2v) is 6.63. The van der Waals surface area contributed by atoms with Crippen LogP contribution in [-0.4, -0.2) is 37.1 Å². The van der Waals surface area contributed by atoms with Gasteiger partial charge in [-0.2, -0.15) is 0 Å². The molecule has 1 saturated heterocycles. The number of esters is 1. The van der Waals surface area contributed by atoms with Gasteiger partial charge >= 0.3 is 5.97 Å². The molecule has 1 rings (SSSR count). The average molecular weight is 335 g/mol. The lowest BCUT2D eigenvalue weighted by Crippen LogP contribution is -2.43. The lowest BCUT2D eigenvalue weighted by atomic mass is 10.0. The molecule has 2 atom stereocenters.